The lowest BCUT2D eigenvalue weighted by atomic mass is 10.3. The Labute approximate surface area is 82.7 Å². The molecule has 3 N–H and O–H groups in total. The number of hydrogen-bond acceptors (Lipinski definition) is 5. The van der Waals surface area contributed by atoms with E-state index in [0.717, 1.165) is 25.4 Å². The molecule has 1 heterocycles. The van der Waals surface area contributed by atoms with E-state index < -0.39 is 6.10 Å². The molecule has 1 saturated heterocycles. The highest BCUT2D eigenvalue weighted by Gasteiger charge is 2.13. The molecule has 1 aliphatic rings. The van der Waals surface area contributed by atoms with Gasteiger partial charge < -0.3 is 20.3 Å². The van der Waals surface area contributed by atoms with Gasteiger partial charge >= 0.3 is 0 Å². The van der Waals surface area contributed by atoms with Crippen molar-refractivity contribution in [2.24, 2.45) is 0 Å². The van der Waals surface area contributed by atoms with Gasteiger partial charge in [0.15, 0.2) is 0 Å². The molecule has 0 radical (unpaired) electrons. The maximum Gasteiger partial charge on any atom is 0.0861 e. The number of morpholine rings is 1. The van der Waals surface area contributed by atoms with Crippen LogP contribution in [0, 0.1) is 0 Å². The van der Waals surface area contributed by atoms with Crippen LogP contribution in [0.5, 0.6) is 0 Å². The van der Waals surface area contributed by atoms with Gasteiger partial charge in [-0.2, -0.15) is 11.8 Å². The Balaban J connectivity index is 1.98. The molecule has 0 aromatic carbocycles. The average molecular weight is 207 g/mol. The molecule has 1 aliphatic heterocycles. The standard InChI is InChI=1S/C8H17NO3S/c10-4-7(11)5-13-6-8-3-9-1-2-12-8/h7-11H,1-6H2. The Bertz CT molecular complexity index is 131. The number of ether oxygens (including phenoxy) is 1. The minimum atomic E-state index is -0.596. The van der Waals surface area contributed by atoms with Gasteiger partial charge in [-0.05, 0) is 0 Å². The molecular formula is C8H17NO3S. The van der Waals surface area contributed by atoms with Gasteiger partial charge in [0.05, 0.1) is 25.4 Å². The van der Waals surface area contributed by atoms with Crippen LogP contribution < -0.4 is 5.32 Å². The van der Waals surface area contributed by atoms with Crippen molar-refractivity contribution in [2.45, 2.75) is 12.2 Å². The van der Waals surface area contributed by atoms with E-state index in [0.29, 0.717) is 5.75 Å². The predicted octanol–water partition coefficient (Wildman–Crippen LogP) is -0.939. The van der Waals surface area contributed by atoms with Gasteiger partial charge in [0.2, 0.25) is 0 Å². The maximum atomic E-state index is 9.06. The zero-order valence-corrected chi connectivity index (χ0v) is 8.42. The van der Waals surface area contributed by atoms with Gasteiger partial charge in [0.1, 0.15) is 0 Å². The third-order valence-electron chi connectivity index (χ3n) is 1.83. The van der Waals surface area contributed by atoms with E-state index in [2.05, 4.69) is 5.32 Å². The average Bonchev–Trinajstić information content (AvgIpc) is 2.19. The molecule has 0 aromatic rings. The summed E-state index contributed by atoms with van der Waals surface area (Å²) in [7, 11) is 0. The minimum Gasteiger partial charge on any atom is -0.394 e. The molecule has 0 spiro atoms. The largest absolute Gasteiger partial charge is 0.394 e. The first-order valence-electron chi connectivity index (χ1n) is 4.52. The second kappa shape index (κ2) is 6.62. The van der Waals surface area contributed by atoms with Crippen LogP contribution in [0.3, 0.4) is 0 Å². The summed E-state index contributed by atoms with van der Waals surface area (Å²) in [6.07, 6.45) is -0.341. The molecule has 2 unspecified atom stereocenters. The molecule has 1 rings (SSSR count). The molecule has 0 aromatic heterocycles. The predicted molar refractivity (Wildman–Crippen MR) is 53.0 cm³/mol. The first-order valence-corrected chi connectivity index (χ1v) is 5.67. The second-order valence-electron chi connectivity index (χ2n) is 3.07. The van der Waals surface area contributed by atoms with Crippen molar-refractivity contribution in [3.63, 3.8) is 0 Å². The summed E-state index contributed by atoms with van der Waals surface area (Å²) in [5.74, 6) is 1.46. The summed E-state index contributed by atoms with van der Waals surface area (Å²) in [4.78, 5) is 0. The van der Waals surface area contributed by atoms with Crippen LogP contribution in [0.1, 0.15) is 0 Å². The molecule has 0 saturated carbocycles. The van der Waals surface area contributed by atoms with E-state index in [1.165, 1.54) is 0 Å². The first-order chi connectivity index (χ1) is 6.33. The molecule has 78 valence electrons. The fraction of sp³-hybridized carbons (Fsp3) is 1.00. The smallest absolute Gasteiger partial charge is 0.0861 e. The third-order valence-corrected chi connectivity index (χ3v) is 3.06. The summed E-state index contributed by atoms with van der Waals surface area (Å²) >= 11 is 1.62. The number of thioether (sulfide) groups is 1. The summed E-state index contributed by atoms with van der Waals surface area (Å²) in [6.45, 7) is 2.44. The number of aliphatic hydroxyl groups is 2. The van der Waals surface area contributed by atoms with Gasteiger partial charge in [-0.3, -0.25) is 0 Å². The van der Waals surface area contributed by atoms with Crippen molar-refractivity contribution in [1.82, 2.24) is 5.32 Å². The summed E-state index contributed by atoms with van der Waals surface area (Å²) in [6, 6.07) is 0. The van der Waals surface area contributed by atoms with Crippen LogP contribution in [0.25, 0.3) is 0 Å². The molecule has 2 atom stereocenters. The maximum absolute atomic E-state index is 9.06. The zero-order chi connectivity index (χ0) is 9.52. The molecule has 13 heavy (non-hydrogen) atoms. The van der Waals surface area contributed by atoms with Crippen LogP contribution in [0.15, 0.2) is 0 Å². The van der Waals surface area contributed by atoms with Crippen LogP contribution in [0.4, 0.5) is 0 Å². The van der Waals surface area contributed by atoms with E-state index in [4.69, 9.17) is 14.9 Å². The van der Waals surface area contributed by atoms with E-state index in [-0.39, 0.29) is 12.7 Å². The van der Waals surface area contributed by atoms with Gasteiger partial charge in [-0.25, -0.2) is 0 Å². The van der Waals surface area contributed by atoms with E-state index >= 15 is 0 Å². The van der Waals surface area contributed by atoms with E-state index in [1.54, 1.807) is 11.8 Å². The zero-order valence-electron chi connectivity index (χ0n) is 7.61. The molecule has 5 heteroatoms. The Morgan fingerprint density at radius 3 is 3.08 bits per heavy atom. The highest BCUT2D eigenvalue weighted by molar-refractivity contribution is 7.99. The van der Waals surface area contributed by atoms with Crippen LogP contribution >= 0.6 is 11.8 Å². The summed E-state index contributed by atoms with van der Waals surface area (Å²) < 4.78 is 5.47. The number of hydrogen-bond donors (Lipinski definition) is 3. The number of rotatable bonds is 5. The van der Waals surface area contributed by atoms with Gasteiger partial charge in [-0.1, -0.05) is 0 Å². The quantitative estimate of drug-likeness (QED) is 0.543. The Hall–Kier alpha value is 0.190. The van der Waals surface area contributed by atoms with Gasteiger partial charge in [0, 0.05) is 24.6 Å². The molecule has 1 fully saturated rings. The molecule has 0 aliphatic carbocycles. The monoisotopic (exact) mass is 207 g/mol. The summed E-state index contributed by atoms with van der Waals surface area (Å²) in [5, 5.41) is 20.9. The Morgan fingerprint density at radius 1 is 1.62 bits per heavy atom. The molecule has 4 nitrogen and oxygen atoms in total. The van der Waals surface area contributed by atoms with E-state index in [1.807, 2.05) is 0 Å². The molecular weight excluding hydrogens is 190 g/mol. The lowest BCUT2D eigenvalue weighted by molar-refractivity contribution is 0.0439. The normalized spacial score (nSPS) is 25.8. The van der Waals surface area contributed by atoms with Crippen molar-refractivity contribution in [2.75, 3.05) is 37.8 Å². The highest BCUT2D eigenvalue weighted by Crippen LogP contribution is 2.08. The fourth-order valence-corrected chi connectivity index (χ4v) is 2.11. The fourth-order valence-electron chi connectivity index (χ4n) is 1.12. The van der Waals surface area contributed by atoms with Crippen molar-refractivity contribution >= 4 is 11.8 Å². The van der Waals surface area contributed by atoms with E-state index in [9.17, 15) is 0 Å². The SMILES string of the molecule is OCC(O)CSCC1CNCCO1. The van der Waals surface area contributed by atoms with Crippen molar-refractivity contribution in [3.05, 3.63) is 0 Å². The topological polar surface area (TPSA) is 61.7 Å². The number of aliphatic hydroxyl groups excluding tert-OH is 2. The lowest BCUT2D eigenvalue weighted by Gasteiger charge is -2.23. The van der Waals surface area contributed by atoms with Crippen molar-refractivity contribution in [3.8, 4) is 0 Å². The van der Waals surface area contributed by atoms with Crippen molar-refractivity contribution in [1.29, 1.82) is 0 Å². The second-order valence-corrected chi connectivity index (χ2v) is 4.15. The first kappa shape index (κ1) is 11.3. The molecule has 0 amide bonds. The highest BCUT2D eigenvalue weighted by atomic mass is 32.2. The summed E-state index contributed by atoms with van der Waals surface area (Å²) in [5.41, 5.74) is 0. The van der Waals surface area contributed by atoms with Crippen molar-refractivity contribution < 1.29 is 14.9 Å². The lowest BCUT2D eigenvalue weighted by Crippen LogP contribution is -2.40. The van der Waals surface area contributed by atoms with Gasteiger partial charge in [0.25, 0.3) is 0 Å². The minimum absolute atomic E-state index is 0.156. The van der Waals surface area contributed by atoms with Crippen LogP contribution in [-0.2, 0) is 4.74 Å². The van der Waals surface area contributed by atoms with Crippen LogP contribution in [-0.4, -0.2) is 60.2 Å². The van der Waals surface area contributed by atoms with Crippen LogP contribution in [0.2, 0.25) is 0 Å². The van der Waals surface area contributed by atoms with Gasteiger partial charge in [-0.15, -0.1) is 0 Å². The third kappa shape index (κ3) is 4.83. The number of nitrogens with one attached hydrogen (secondary N) is 1. The Morgan fingerprint density at radius 2 is 2.46 bits per heavy atom. The molecule has 0 bridgehead atoms. The Kier molecular flexibility index (Phi) is 5.73.